The van der Waals surface area contributed by atoms with Gasteiger partial charge in [0, 0.05) is 15.6 Å². The molecule has 2 aromatic rings. The molecule has 0 saturated carbocycles. The van der Waals surface area contributed by atoms with Gasteiger partial charge in [-0.3, -0.25) is 0 Å². The molecule has 3 rings (SSSR count). The highest BCUT2D eigenvalue weighted by Gasteiger charge is 2.31. The highest BCUT2D eigenvalue weighted by atomic mass is 79.9. The van der Waals surface area contributed by atoms with Crippen LogP contribution >= 0.6 is 31.9 Å². The van der Waals surface area contributed by atoms with Crippen LogP contribution in [0.2, 0.25) is 0 Å². The van der Waals surface area contributed by atoms with Crippen LogP contribution in [0.1, 0.15) is 17.5 Å². The summed E-state index contributed by atoms with van der Waals surface area (Å²) in [5, 5.41) is 14.8. The molecule has 0 amide bonds. The number of hydrogen-bond acceptors (Lipinski definition) is 6. The van der Waals surface area contributed by atoms with E-state index in [1.54, 1.807) is 31.5 Å². The van der Waals surface area contributed by atoms with E-state index in [0.717, 1.165) is 8.95 Å². The number of fused-ring (bicyclic) bond motifs is 1. The van der Waals surface area contributed by atoms with Gasteiger partial charge < -0.3 is 4.74 Å². The summed E-state index contributed by atoms with van der Waals surface area (Å²) in [4.78, 5) is 0.130. The van der Waals surface area contributed by atoms with Crippen molar-refractivity contribution in [1.82, 2.24) is 5.01 Å². The minimum atomic E-state index is -3.78. The maximum Gasteiger partial charge on any atom is 0.285 e. The van der Waals surface area contributed by atoms with Crippen LogP contribution in [0.15, 0.2) is 59.7 Å². The number of methoxy groups -OCH3 is 1. The average molecular weight is 526 g/mol. The summed E-state index contributed by atoms with van der Waals surface area (Å²) in [6, 6.07) is 12.2. The highest BCUT2D eigenvalue weighted by Crippen LogP contribution is 2.32. The number of rotatable bonds is 5. The van der Waals surface area contributed by atoms with Crippen LogP contribution in [-0.2, 0) is 10.0 Å². The van der Waals surface area contributed by atoms with Gasteiger partial charge >= 0.3 is 0 Å². The minimum absolute atomic E-state index is 0.130. The zero-order valence-corrected chi connectivity index (χ0v) is 18.6. The van der Waals surface area contributed by atoms with Crippen LogP contribution < -0.4 is 4.74 Å². The number of benzene rings is 2. The van der Waals surface area contributed by atoms with Crippen LogP contribution in [0.3, 0.4) is 0 Å². The van der Waals surface area contributed by atoms with E-state index in [1.165, 1.54) is 11.1 Å². The fourth-order valence-corrected chi connectivity index (χ4v) is 5.30. The predicted molar refractivity (Wildman–Crippen MR) is 113 cm³/mol. The fraction of sp³-hybridized carbons (Fsp3) is 0.167. The third-order valence-corrected chi connectivity index (χ3v) is 6.24. The zero-order chi connectivity index (χ0) is 20.3. The second-order valence-electron chi connectivity index (χ2n) is 5.67. The maximum absolute atomic E-state index is 12.3. The quantitative estimate of drug-likeness (QED) is 0.435. The molecule has 1 aliphatic rings. The Hall–Kier alpha value is -2.22. The monoisotopic (exact) mass is 524 g/mol. The Kier molecular flexibility index (Phi) is 6.17. The van der Waals surface area contributed by atoms with Crippen LogP contribution in [0.25, 0.3) is 0 Å². The Labute approximate surface area is 179 Å². The molecule has 10 heteroatoms. The van der Waals surface area contributed by atoms with Gasteiger partial charge in [-0.05, 0) is 40.2 Å². The van der Waals surface area contributed by atoms with Gasteiger partial charge in [-0.15, -0.1) is 4.40 Å². The molecule has 28 heavy (non-hydrogen) atoms. The lowest BCUT2D eigenvalue weighted by molar-refractivity contribution is 0.411. The summed E-state index contributed by atoms with van der Waals surface area (Å²) in [6.07, 6.45) is 1.69. The Morgan fingerprint density at radius 2 is 2.07 bits per heavy atom. The first kappa shape index (κ1) is 20.5. The number of ether oxygens (including phenoxy) is 1. The number of nitriles is 1. The summed E-state index contributed by atoms with van der Waals surface area (Å²) in [6.45, 7) is 0.188. The number of sulfonamides is 1. The van der Waals surface area contributed by atoms with Crippen LogP contribution in [0, 0.1) is 11.3 Å². The molecule has 0 aliphatic carbocycles. The minimum Gasteiger partial charge on any atom is -0.495 e. The molecule has 2 aromatic carbocycles. The smallest absolute Gasteiger partial charge is 0.285 e. The van der Waals surface area contributed by atoms with Crippen LogP contribution in [-0.4, -0.2) is 39.1 Å². The van der Waals surface area contributed by atoms with E-state index in [1.807, 2.05) is 18.2 Å². The number of hydrogen-bond donors (Lipinski definition) is 0. The third kappa shape index (κ3) is 4.11. The first-order chi connectivity index (χ1) is 13.4. The second kappa shape index (κ2) is 8.43. The lowest BCUT2D eigenvalue weighted by Gasteiger charge is -2.17. The van der Waals surface area contributed by atoms with Crippen molar-refractivity contribution in [2.45, 2.75) is 11.3 Å². The molecule has 0 N–H and O–H groups in total. The number of hydrazone groups is 1. The van der Waals surface area contributed by atoms with E-state index in [9.17, 15) is 8.42 Å². The molecule has 144 valence electrons. The van der Waals surface area contributed by atoms with Crippen molar-refractivity contribution in [3.05, 3.63) is 56.5 Å². The molecular weight excluding hydrogens is 512 g/mol. The van der Waals surface area contributed by atoms with Crippen LogP contribution in [0.4, 0.5) is 0 Å². The molecule has 0 radical (unpaired) electrons. The third-order valence-electron chi connectivity index (χ3n) is 3.87. The Bertz CT molecular complexity index is 1120. The normalized spacial score (nSPS) is 14.4. The molecule has 1 heterocycles. The Morgan fingerprint density at radius 1 is 1.32 bits per heavy atom. The van der Waals surface area contributed by atoms with Crippen molar-refractivity contribution in [2.24, 2.45) is 9.50 Å². The van der Waals surface area contributed by atoms with Crippen molar-refractivity contribution in [1.29, 1.82) is 5.26 Å². The van der Waals surface area contributed by atoms with Crippen LogP contribution in [0.5, 0.6) is 5.75 Å². The zero-order valence-electron chi connectivity index (χ0n) is 14.6. The van der Waals surface area contributed by atoms with E-state index in [0.29, 0.717) is 16.9 Å². The largest absolute Gasteiger partial charge is 0.495 e. The summed E-state index contributed by atoms with van der Waals surface area (Å²) >= 11 is 6.85. The molecule has 0 bridgehead atoms. The van der Waals surface area contributed by atoms with Gasteiger partial charge in [0.2, 0.25) is 0 Å². The van der Waals surface area contributed by atoms with E-state index < -0.39 is 10.0 Å². The van der Waals surface area contributed by atoms with Gasteiger partial charge in [0.05, 0.1) is 36.8 Å². The lowest BCUT2D eigenvalue weighted by Crippen LogP contribution is -2.27. The molecular formula is C18H14Br2N4O3S. The second-order valence-corrected chi connectivity index (χ2v) is 9.01. The van der Waals surface area contributed by atoms with E-state index >= 15 is 0 Å². The number of nitrogens with zero attached hydrogens (tertiary/aromatic N) is 4. The fourth-order valence-electron chi connectivity index (χ4n) is 2.67. The number of halogens is 2. The van der Waals surface area contributed by atoms with Gasteiger partial charge in [-0.2, -0.15) is 18.8 Å². The molecule has 0 spiro atoms. The van der Waals surface area contributed by atoms with Gasteiger partial charge in [0.25, 0.3) is 10.0 Å². The lowest BCUT2D eigenvalue weighted by atomic mass is 10.2. The summed E-state index contributed by atoms with van der Waals surface area (Å²) in [5.74, 6) is 0.767. The molecule has 0 aromatic heterocycles. The first-order valence-corrected chi connectivity index (χ1v) is 11.1. The SMILES string of the molecule is COc1c(Br)cc(Br)cc1/C=N/N(CCC#N)C1=NS(=O)(=O)c2ccccc21. The molecule has 0 fully saturated rings. The van der Waals surface area contributed by atoms with Crippen molar-refractivity contribution in [3.63, 3.8) is 0 Å². The molecule has 0 unspecified atom stereocenters. The van der Waals surface area contributed by atoms with Crippen molar-refractivity contribution >= 4 is 53.9 Å². The van der Waals surface area contributed by atoms with E-state index in [4.69, 9.17) is 10.00 Å². The van der Waals surface area contributed by atoms with Crippen molar-refractivity contribution in [3.8, 4) is 11.8 Å². The van der Waals surface area contributed by atoms with E-state index in [2.05, 4.69) is 41.4 Å². The highest BCUT2D eigenvalue weighted by molar-refractivity contribution is 9.11. The first-order valence-electron chi connectivity index (χ1n) is 8.03. The predicted octanol–water partition coefficient (Wildman–Crippen LogP) is 3.92. The van der Waals surface area contributed by atoms with Crippen molar-refractivity contribution < 1.29 is 13.2 Å². The Balaban J connectivity index is 2.04. The molecule has 1 aliphatic heterocycles. The Morgan fingerprint density at radius 3 is 2.79 bits per heavy atom. The molecule has 0 saturated heterocycles. The molecule has 0 atom stereocenters. The standard InChI is InChI=1S/C18H14Br2N4O3S/c1-27-17-12(9-13(19)10-15(17)20)11-22-24(8-4-7-21)18-14-5-2-3-6-16(14)28(25,26)23-18/h2-3,5-6,9-11H,4,8H2,1H3/b22-11+. The topological polar surface area (TPSA) is 95.1 Å². The molecule has 7 nitrogen and oxygen atoms in total. The van der Waals surface area contributed by atoms with Gasteiger partial charge in [0.15, 0.2) is 5.84 Å². The van der Waals surface area contributed by atoms with Gasteiger partial charge in [-0.1, -0.05) is 28.1 Å². The summed E-state index contributed by atoms with van der Waals surface area (Å²) in [7, 11) is -2.24. The average Bonchev–Trinajstić information content (AvgIpc) is 2.93. The summed E-state index contributed by atoms with van der Waals surface area (Å²) in [5.41, 5.74) is 1.13. The summed E-state index contributed by atoms with van der Waals surface area (Å²) < 4.78 is 35.5. The maximum atomic E-state index is 12.3. The number of amidine groups is 1. The van der Waals surface area contributed by atoms with E-state index in [-0.39, 0.29) is 23.7 Å². The van der Waals surface area contributed by atoms with Gasteiger partial charge in [0.1, 0.15) is 10.6 Å². The van der Waals surface area contributed by atoms with Gasteiger partial charge in [-0.25, -0.2) is 5.01 Å². The van der Waals surface area contributed by atoms with Crippen molar-refractivity contribution in [2.75, 3.05) is 13.7 Å².